The van der Waals surface area contributed by atoms with Gasteiger partial charge in [-0.3, -0.25) is 9.69 Å². The Kier molecular flexibility index (Phi) is 5.67. The second-order valence-electron chi connectivity index (χ2n) is 7.60. The van der Waals surface area contributed by atoms with Crippen LogP contribution in [0.4, 0.5) is 11.6 Å². The zero-order chi connectivity index (χ0) is 20.2. The molecule has 0 saturated carbocycles. The largest absolute Gasteiger partial charge is 0.424 e. The van der Waals surface area contributed by atoms with Crippen LogP contribution in [0.2, 0.25) is 0 Å². The van der Waals surface area contributed by atoms with Crippen molar-refractivity contribution < 1.29 is 9.21 Å². The third-order valence-corrected chi connectivity index (χ3v) is 5.52. The summed E-state index contributed by atoms with van der Waals surface area (Å²) in [6.45, 7) is 6.55. The predicted octanol–water partition coefficient (Wildman–Crippen LogP) is 1.69. The minimum Gasteiger partial charge on any atom is -0.424 e. The fourth-order valence-electron chi connectivity index (χ4n) is 4.02. The number of amides is 1. The fraction of sp³-hybridized carbons (Fsp3) is 0.476. The van der Waals surface area contributed by atoms with Crippen molar-refractivity contribution in [2.75, 3.05) is 56.0 Å². The molecule has 2 aliphatic heterocycles. The molecule has 1 atom stereocenters. The lowest BCUT2D eigenvalue weighted by molar-refractivity contribution is -0.132. The Balaban J connectivity index is 1.25. The van der Waals surface area contributed by atoms with Gasteiger partial charge in [0.1, 0.15) is 6.07 Å². The van der Waals surface area contributed by atoms with Gasteiger partial charge in [-0.15, -0.1) is 0 Å². The number of para-hydroxylation sites is 1. The van der Waals surface area contributed by atoms with Crippen LogP contribution in [0.1, 0.15) is 18.0 Å². The number of rotatable bonds is 5. The van der Waals surface area contributed by atoms with Gasteiger partial charge in [0.15, 0.2) is 5.89 Å². The van der Waals surface area contributed by atoms with E-state index in [0.29, 0.717) is 56.2 Å². The standard InChI is InChI=1S/C21H26N6O2/c1-16-23-19(13-22)21(29-16)27-11-9-26(10-12-27)20(28)15-25-8-7-18(14-25)24-17-5-3-2-4-6-17/h2-6,18,24H,7-12,14-15H2,1H3. The Morgan fingerprint density at radius 1 is 1.24 bits per heavy atom. The smallest absolute Gasteiger partial charge is 0.236 e. The minimum atomic E-state index is 0.166. The summed E-state index contributed by atoms with van der Waals surface area (Å²) in [6.07, 6.45) is 1.04. The molecule has 0 spiro atoms. The second kappa shape index (κ2) is 8.53. The van der Waals surface area contributed by atoms with Crippen LogP contribution in [-0.4, -0.2) is 72.5 Å². The van der Waals surface area contributed by atoms with Crippen molar-refractivity contribution in [2.45, 2.75) is 19.4 Å². The zero-order valence-corrected chi connectivity index (χ0v) is 16.7. The highest BCUT2D eigenvalue weighted by Gasteiger charge is 2.29. The van der Waals surface area contributed by atoms with Crippen LogP contribution >= 0.6 is 0 Å². The highest BCUT2D eigenvalue weighted by atomic mass is 16.4. The molecule has 152 valence electrons. The van der Waals surface area contributed by atoms with E-state index in [1.807, 2.05) is 28.0 Å². The molecule has 1 unspecified atom stereocenters. The molecule has 2 saturated heterocycles. The van der Waals surface area contributed by atoms with Gasteiger partial charge in [-0.1, -0.05) is 18.2 Å². The summed E-state index contributed by atoms with van der Waals surface area (Å²) >= 11 is 0. The first-order chi connectivity index (χ1) is 14.1. The first-order valence-electron chi connectivity index (χ1n) is 10.1. The molecule has 0 radical (unpaired) electrons. The van der Waals surface area contributed by atoms with Gasteiger partial charge < -0.3 is 19.5 Å². The fourth-order valence-corrected chi connectivity index (χ4v) is 4.02. The third kappa shape index (κ3) is 4.51. The number of piperazine rings is 1. The molecule has 8 nitrogen and oxygen atoms in total. The molecule has 1 aromatic heterocycles. The predicted molar refractivity (Wildman–Crippen MR) is 110 cm³/mol. The van der Waals surface area contributed by atoms with Crippen molar-refractivity contribution in [3.8, 4) is 6.07 Å². The van der Waals surface area contributed by atoms with Crippen LogP contribution < -0.4 is 10.2 Å². The number of carbonyl (C=O) groups is 1. The van der Waals surface area contributed by atoms with E-state index in [0.717, 1.165) is 25.2 Å². The number of hydrogen-bond acceptors (Lipinski definition) is 7. The van der Waals surface area contributed by atoms with Gasteiger partial charge in [0, 0.05) is 57.9 Å². The normalized spacial score (nSPS) is 19.9. The Bertz CT molecular complexity index is 882. The van der Waals surface area contributed by atoms with Crippen molar-refractivity contribution in [1.29, 1.82) is 5.26 Å². The molecule has 3 heterocycles. The number of hydrogen-bond donors (Lipinski definition) is 1. The number of nitrogens with one attached hydrogen (secondary N) is 1. The topological polar surface area (TPSA) is 88.6 Å². The van der Waals surface area contributed by atoms with E-state index in [-0.39, 0.29) is 5.91 Å². The highest BCUT2D eigenvalue weighted by molar-refractivity contribution is 5.78. The molecule has 2 aliphatic rings. The van der Waals surface area contributed by atoms with Crippen LogP contribution in [0.3, 0.4) is 0 Å². The number of carbonyl (C=O) groups excluding carboxylic acids is 1. The summed E-state index contributed by atoms with van der Waals surface area (Å²) in [6, 6.07) is 12.7. The number of nitrogens with zero attached hydrogens (tertiary/aromatic N) is 5. The van der Waals surface area contributed by atoms with E-state index in [1.165, 1.54) is 0 Å². The van der Waals surface area contributed by atoms with Gasteiger partial charge in [0.05, 0.1) is 6.54 Å². The Hall–Kier alpha value is -3.05. The number of benzene rings is 1. The number of likely N-dealkylation sites (tertiary alicyclic amines) is 1. The van der Waals surface area contributed by atoms with Gasteiger partial charge in [0.25, 0.3) is 0 Å². The molecular weight excluding hydrogens is 368 g/mol. The third-order valence-electron chi connectivity index (χ3n) is 5.52. The molecule has 1 amide bonds. The Morgan fingerprint density at radius 3 is 2.72 bits per heavy atom. The van der Waals surface area contributed by atoms with Gasteiger partial charge in [-0.05, 0) is 18.6 Å². The van der Waals surface area contributed by atoms with Crippen LogP contribution in [0.5, 0.6) is 0 Å². The Labute approximate surface area is 170 Å². The molecule has 8 heteroatoms. The lowest BCUT2D eigenvalue weighted by atomic mass is 10.2. The molecule has 2 fully saturated rings. The lowest BCUT2D eigenvalue weighted by Gasteiger charge is -2.35. The van der Waals surface area contributed by atoms with Crippen LogP contribution in [0.15, 0.2) is 34.7 Å². The van der Waals surface area contributed by atoms with Crippen molar-refractivity contribution >= 4 is 17.5 Å². The summed E-state index contributed by atoms with van der Waals surface area (Å²) in [5, 5.41) is 12.7. The van der Waals surface area contributed by atoms with Crippen molar-refractivity contribution in [1.82, 2.24) is 14.8 Å². The summed E-state index contributed by atoms with van der Waals surface area (Å²) in [4.78, 5) is 23.0. The van der Waals surface area contributed by atoms with Gasteiger partial charge in [-0.2, -0.15) is 5.26 Å². The molecule has 1 N–H and O–H groups in total. The maximum absolute atomic E-state index is 12.7. The van der Waals surface area contributed by atoms with Gasteiger partial charge in [0.2, 0.25) is 17.5 Å². The minimum absolute atomic E-state index is 0.166. The lowest BCUT2D eigenvalue weighted by Crippen LogP contribution is -2.51. The summed E-state index contributed by atoms with van der Waals surface area (Å²) in [5.74, 6) is 1.17. The average Bonchev–Trinajstić information content (AvgIpc) is 3.34. The van der Waals surface area contributed by atoms with Gasteiger partial charge >= 0.3 is 0 Å². The van der Waals surface area contributed by atoms with Crippen molar-refractivity contribution in [3.63, 3.8) is 0 Å². The molecule has 29 heavy (non-hydrogen) atoms. The highest BCUT2D eigenvalue weighted by Crippen LogP contribution is 2.23. The van der Waals surface area contributed by atoms with E-state index in [9.17, 15) is 10.1 Å². The Morgan fingerprint density at radius 2 is 2.00 bits per heavy atom. The molecule has 0 aliphatic carbocycles. The van der Waals surface area contributed by atoms with Gasteiger partial charge in [-0.25, -0.2) is 4.98 Å². The quantitative estimate of drug-likeness (QED) is 0.825. The molecule has 1 aromatic carbocycles. The number of aromatic nitrogens is 1. The van der Waals surface area contributed by atoms with E-state index >= 15 is 0 Å². The first-order valence-corrected chi connectivity index (χ1v) is 10.1. The number of nitriles is 1. The molecule has 4 rings (SSSR count). The summed E-state index contributed by atoms with van der Waals surface area (Å²) < 4.78 is 5.58. The number of anilines is 2. The van der Waals surface area contributed by atoms with Crippen molar-refractivity contribution in [2.24, 2.45) is 0 Å². The maximum Gasteiger partial charge on any atom is 0.236 e. The van der Waals surface area contributed by atoms with E-state index in [1.54, 1.807) is 6.92 Å². The van der Waals surface area contributed by atoms with Crippen LogP contribution in [-0.2, 0) is 4.79 Å². The van der Waals surface area contributed by atoms with Crippen LogP contribution in [0, 0.1) is 18.3 Å². The van der Waals surface area contributed by atoms with E-state index in [4.69, 9.17) is 4.42 Å². The van der Waals surface area contributed by atoms with Crippen molar-refractivity contribution in [3.05, 3.63) is 41.9 Å². The summed E-state index contributed by atoms with van der Waals surface area (Å²) in [7, 11) is 0. The maximum atomic E-state index is 12.7. The first kappa shape index (κ1) is 19.3. The zero-order valence-electron chi connectivity index (χ0n) is 16.7. The average molecular weight is 394 g/mol. The van der Waals surface area contributed by atoms with E-state index in [2.05, 4.69) is 33.4 Å². The molecule has 0 bridgehead atoms. The SMILES string of the molecule is Cc1nc(C#N)c(N2CCN(C(=O)CN3CCC(Nc4ccccc4)C3)CC2)o1. The number of aryl methyl sites for hydroxylation is 1. The number of oxazole rings is 1. The molecular formula is C21H26N6O2. The monoisotopic (exact) mass is 394 g/mol. The summed E-state index contributed by atoms with van der Waals surface area (Å²) in [5.41, 5.74) is 1.44. The van der Waals surface area contributed by atoms with E-state index < -0.39 is 0 Å². The van der Waals surface area contributed by atoms with Crippen LogP contribution in [0.25, 0.3) is 0 Å². The molecule has 2 aromatic rings. The second-order valence-corrected chi connectivity index (χ2v) is 7.60.